The fourth-order valence-corrected chi connectivity index (χ4v) is 10.9. The second-order valence-electron chi connectivity index (χ2n) is 24.5. The Balaban J connectivity index is 4.31. The van der Waals surface area contributed by atoms with Crippen molar-refractivity contribution in [1.82, 2.24) is 0 Å². The molecule has 0 rings (SSSR count). The Kier molecular flexibility index (Phi) is 67.1. The van der Waals surface area contributed by atoms with Crippen LogP contribution in [0.4, 0.5) is 0 Å². The number of ether oxygens (including phenoxy) is 3. The van der Waals surface area contributed by atoms with Crippen molar-refractivity contribution < 1.29 is 28.6 Å². The van der Waals surface area contributed by atoms with Gasteiger partial charge >= 0.3 is 17.9 Å². The van der Waals surface area contributed by atoms with Crippen molar-refractivity contribution >= 4 is 17.9 Å². The molecule has 0 aliphatic rings. The van der Waals surface area contributed by atoms with Crippen molar-refractivity contribution in [2.45, 2.75) is 406 Å². The minimum absolute atomic E-state index is 0.0702. The Bertz CT molecular complexity index is 1340. The fourth-order valence-electron chi connectivity index (χ4n) is 10.9. The van der Waals surface area contributed by atoms with Crippen molar-refractivity contribution in [1.29, 1.82) is 0 Å². The highest BCUT2D eigenvalue weighted by molar-refractivity contribution is 5.71. The average molecular weight is 1120 g/mol. The van der Waals surface area contributed by atoms with E-state index in [1.807, 2.05) is 0 Å². The van der Waals surface area contributed by atoms with Gasteiger partial charge in [-0.3, -0.25) is 14.4 Å². The van der Waals surface area contributed by atoms with Gasteiger partial charge in [-0.25, -0.2) is 0 Å². The third-order valence-corrected chi connectivity index (χ3v) is 16.4. The van der Waals surface area contributed by atoms with Crippen LogP contribution in [-0.2, 0) is 28.6 Å². The first-order chi connectivity index (χ1) is 39.5. The van der Waals surface area contributed by atoms with Crippen molar-refractivity contribution in [3.63, 3.8) is 0 Å². The molecule has 0 fully saturated rings. The molecule has 0 aromatic carbocycles. The summed E-state index contributed by atoms with van der Waals surface area (Å²) in [6.45, 7) is 6.70. The van der Waals surface area contributed by atoms with Crippen LogP contribution in [0.5, 0.6) is 0 Å². The molecule has 0 N–H and O–H groups in total. The summed E-state index contributed by atoms with van der Waals surface area (Å²) < 4.78 is 17.0. The van der Waals surface area contributed by atoms with Gasteiger partial charge in [-0.1, -0.05) is 340 Å². The number of carbonyl (C=O) groups excluding carboxylic acids is 3. The lowest BCUT2D eigenvalue weighted by Gasteiger charge is -2.18. The first-order valence-electron chi connectivity index (χ1n) is 36.0. The molecule has 1 unspecified atom stereocenters. The number of esters is 3. The minimum atomic E-state index is -0.775. The van der Waals surface area contributed by atoms with E-state index < -0.39 is 6.10 Å². The van der Waals surface area contributed by atoms with Gasteiger partial charge in [0.05, 0.1) is 0 Å². The molecule has 80 heavy (non-hydrogen) atoms. The van der Waals surface area contributed by atoms with Crippen LogP contribution >= 0.6 is 0 Å². The Morgan fingerprint density at radius 2 is 0.450 bits per heavy atom. The van der Waals surface area contributed by atoms with Crippen LogP contribution in [0.1, 0.15) is 400 Å². The summed E-state index contributed by atoms with van der Waals surface area (Å²) in [5.41, 5.74) is 0. The largest absolute Gasteiger partial charge is 0.462 e. The molecule has 0 aliphatic carbocycles. The molecule has 1 atom stereocenters. The standard InChI is InChI=1S/C74H138O6/c1-4-7-10-13-16-19-22-25-28-31-34-36-37-39-40-43-46-49-52-55-58-61-64-67-73(76)79-70-71(69-78-72(75)66-63-60-57-54-51-48-45-42-33-30-27-24-21-18-15-12-9-6-3)80-74(77)68-65-62-59-56-53-50-47-44-41-38-35-32-29-26-23-20-17-14-11-8-5-2/h21,24,30-31,33-34,71H,4-20,22-23,25-29,32,35-70H2,1-3H3/b24-21-,33-30-,34-31-. The van der Waals surface area contributed by atoms with Gasteiger partial charge in [-0.15, -0.1) is 0 Å². The van der Waals surface area contributed by atoms with Crippen LogP contribution in [0.3, 0.4) is 0 Å². The Morgan fingerprint density at radius 3 is 0.713 bits per heavy atom. The Labute approximate surface area is 499 Å². The van der Waals surface area contributed by atoms with Gasteiger partial charge in [0.15, 0.2) is 6.10 Å². The van der Waals surface area contributed by atoms with E-state index >= 15 is 0 Å². The predicted octanol–water partition coefficient (Wildman–Crippen LogP) is 24.7. The first kappa shape index (κ1) is 77.6. The van der Waals surface area contributed by atoms with Gasteiger partial charge in [0, 0.05) is 19.3 Å². The number of carbonyl (C=O) groups is 3. The SMILES string of the molecule is CCCCCC/C=C\C/C=C\CCCCCCCCCC(=O)OCC(COC(=O)CCCCCCCCCCCCC/C=C\CCCCCCCCCC)OC(=O)CCCCCCCCCCCCCCCCCCCCCCC. The van der Waals surface area contributed by atoms with Gasteiger partial charge in [-0.2, -0.15) is 0 Å². The van der Waals surface area contributed by atoms with Crippen LogP contribution in [0.2, 0.25) is 0 Å². The molecule has 0 radical (unpaired) electrons. The van der Waals surface area contributed by atoms with E-state index in [1.54, 1.807) is 0 Å². The third-order valence-electron chi connectivity index (χ3n) is 16.4. The topological polar surface area (TPSA) is 78.9 Å². The summed E-state index contributed by atoms with van der Waals surface area (Å²) in [7, 11) is 0. The predicted molar refractivity (Wildman–Crippen MR) is 349 cm³/mol. The summed E-state index contributed by atoms with van der Waals surface area (Å²) in [5, 5.41) is 0. The van der Waals surface area contributed by atoms with E-state index in [1.165, 1.54) is 289 Å². The van der Waals surface area contributed by atoms with Gasteiger partial charge in [0.25, 0.3) is 0 Å². The fraction of sp³-hybridized carbons (Fsp3) is 0.878. The number of hydrogen-bond acceptors (Lipinski definition) is 6. The quantitative estimate of drug-likeness (QED) is 0.0261. The van der Waals surface area contributed by atoms with Crippen LogP contribution in [-0.4, -0.2) is 37.2 Å². The number of rotatable bonds is 67. The lowest BCUT2D eigenvalue weighted by molar-refractivity contribution is -0.167. The van der Waals surface area contributed by atoms with Gasteiger partial charge in [0.2, 0.25) is 0 Å². The molecule has 0 spiro atoms. The first-order valence-corrected chi connectivity index (χ1v) is 36.0. The normalized spacial score (nSPS) is 12.2. The summed E-state index contributed by atoms with van der Waals surface area (Å²) in [4.78, 5) is 38.5. The second-order valence-corrected chi connectivity index (χ2v) is 24.5. The van der Waals surface area contributed by atoms with Crippen LogP contribution in [0, 0.1) is 0 Å². The number of allylic oxidation sites excluding steroid dienone is 6. The van der Waals surface area contributed by atoms with E-state index in [0.29, 0.717) is 19.3 Å². The zero-order valence-corrected chi connectivity index (χ0v) is 54.1. The molecule has 470 valence electrons. The molecule has 0 saturated carbocycles. The monoisotopic (exact) mass is 1120 g/mol. The number of hydrogen-bond donors (Lipinski definition) is 0. The highest BCUT2D eigenvalue weighted by Crippen LogP contribution is 2.18. The van der Waals surface area contributed by atoms with Gasteiger partial charge in [0.1, 0.15) is 13.2 Å². The molecule has 0 aliphatic heterocycles. The second kappa shape index (κ2) is 69.1. The molecule has 0 aromatic rings. The summed E-state index contributed by atoms with van der Waals surface area (Å²) in [6.07, 6.45) is 86.0. The molecular formula is C74H138O6. The van der Waals surface area contributed by atoms with E-state index in [4.69, 9.17) is 14.2 Å². The van der Waals surface area contributed by atoms with Crippen molar-refractivity contribution in [3.8, 4) is 0 Å². The lowest BCUT2D eigenvalue weighted by Crippen LogP contribution is -2.30. The Hall–Kier alpha value is -2.37. The summed E-state index contributed by atoms with van der Waals surface area (Å²) in [6, 6.07) is 0. The van der Waals surface area contributed by atoms with Crippen LogP contribution in [0.15, 0.2) is 36.5 Å². The highest BCUT2D eigenvalue weighted by atomic mass is 16.6. The lowest BCUT2D eigenvalue weighted by atomic mass is 10.0. The van der Waals surface area contributed by atoms with E-state index in [-0.39, 0.29) is 31.1 Å². The number of unbranched alkanes of at least 4 members (excludes halogenated alkanes) is 50. The van der Waals surface area contributed by atoms with E-state index in [0.717, 1.165) is 70.6 Å². The molecular weight excluding hydrogens is 985 g/mol. The van der Waals surface area contributed by atoms with Gasteiger partial charge < -0.3 is 14.2 Å². The van der Waals surface area contributed by atoms with E-state index in [9.17, 15) is 14.4 Å². The molecule has 6 heteroatoms. The molecule has 0 saturated heterocycles. The zero-order valence-electron chi connectivity index (χ0n) is 54.1. The Morgan fingerprint density at radius 1 is 0.250 bits per heavy atom. The molecule has 0 aromatic heterocycles. The van der Waals surface area contributed by atoms with Gasteiger partial charge in [-0.05, 0) is 77.0 Å². The van der Waals surface area contributed by atoms with Crippen molar-refractivity contribution in [2.75, 3.05) is 13.2 Å². The van der Waals surface area contributed by atoms with E-state index in [2.05, 4.69) is 57.2 Å². The smallest absolute Gasteiger partial charge is 0.306 e. The van der Waals surface area contributed by atoms with Crippen LogP contribution in [0.25, 0.3) is 0 Å². The maximum Gasteiger partial charge on any atom is 0.306 e. The minimum Gasteiger partial charge on any atom is -0.462 e. The maximum atomic E-state index is 13.0. The summed E-state index contributed by atoms with van der Waals surface area (Å²) >= 11 is 0. The molecule has 0 amide bonds. The highest BCUT2D eigenvalue weighted by Gasteiger charge is 2.19. The van der Waals surface area contributed by atoms with Crippen molar-refractivity contribution in [3.05, 3.63) is 36.5 Å². The zero-order chi connectivity index (χ0) is 57.8. The molecule has 0 bridgehead atoms. The van der Waals surface area contributed by atoms with Crippen molar-refractivity contribution in [2.24, 2.45) is 0 Å². The average Bonchev–Trinajstić information content (AvgIpc) is 3.46. The maximum absolute atomic E-state index is 13.0. The molecule has 6 nitrogen and oxygen atoms in total. The summed E-state index contributed by atoms with van der Waals surface area (Å²) in [5.74, 6) is -0.847. The van der Waals surface area contributed by atoms with Crippen LogP contribution < -0.4 is 0 Å². The third kappa shape index (κ3) is 66.4. The molecule has 0 heterocycles.